The van der Waals surface area contributed by atoms with Gasteiger partial charge in [-0.15, -0.1) is 0 Å². The number of rotatable bonds is 5. The minimum absolute atomic E-state index is 0.0235. The van der Waals surface area contributed by atoms with Gasteiger partial charge in [0.1, 0.15) is 0 Å². The molecule has 0 radical (unpaired) electrons. The topological polar surface area (TPSA) is 118 Å². The van der Waals surface area contributed by atoms with E-state index in [0.29, 0.717) is 22.6 Å². The third-order valence-corrected chi connectivity index (χ3v) is 6.84. The summed E-state index contributed by atoms with van der Waals surface area (Å²) in [4.78, 5) is 24.5. The van der Waals surface area contributed by atoms with Crippen LogP contribution < -0.4 is 10.5 Å². The van der Waals surface area contributed by atoms with Crippen molar-refractivity contribution in [2.45, 2.75) is 50.5 Å². The second kappa shape index (κ2) is 8.84. The van der Waals surface area contributed by atoms with Crippen LogP contribution in [0.5, 0.6) is 0 Å². The highest BCUT2D eigenvalue weighted by atomic mass is 32.2. The minimum Gasteiger partial charge on any atom is -0.354 e. The van der Waals surface area contributed by atoms with Crippen LogP contribution in [0.4, 0.5) is 11.4 Å². The largest absolute Gasteiger partial charge is 0.354 e. The second-order valence-corrected chi connectivity index (χ2v) is 9.68. The van der Waals surface area contributed by atoms with Crippen molar-refractivity contribution in [3.8, 4) is 0 Å². The fourth-order valence-electron chi connectivity index (χ4n) is 4.19. The highest BCUT2D eigenvalue weighted by Crippen LogP contribution is 2.32. The number of amides is 1. The molecule has 1 aromatic carbocycles. The number of likely N-dealkylation sites (tertiary alicyclic amines) is 1. The average molecular weight is 454 g/mol. The highest BCUT2D eigenvalue weighted by molar-refractivity contribution is 7.89. The molecule has 1 aliphatic rings. The van der Waals surface area contributed by atoms with E-state index in [-0.39, 0.29) is 16.8 Å². The van der Waals surface area contributed by atoms with Crippen LogP contribution in [0, 0.1) is 6.92 Å². The first-order valence-corrected chi connectivity index (χ1v) is 12.3. The summed E-state index contributed by atoms with van der Waals surface area (Å²) in [6.07, 6.45) is 5.61. The Morgan fingerprint density at radius 2 is 1.94 bits per heavy atom. The summed E-state index contributed by atoms with van der Waals surface area (Å²) < 4.78 is 23.2. The summed E-state index contributed by atoms with van der Waals surface area (Å²) in [6.45, 7) is 4.72. The van der Waals surface area contributed by atoms with Gasteiger partial charge in [-0.3, -0.25) is 4.79 Å². The third-order valence-electron chi connectivity index (χ3n) is 5.91. The number of sulfonamides is 1. The Bertz CT molecular complexity index is 1260. The molecule has 1 atom stereocenters. The van der Waals surface area contributed by atoms with E-state index in [1.807, 2.05) is 24.0 Å². The number of nitrogens with zero attached hydrogens (tertiary/aromatic N) is 3. The first-order chi connectivity index (χ1) is 15.3. The first kappa shape index (κ1) is 22.2. The Morgan fingerprint density at radius 3 is 2.62 bits per heavy atom. The van der Waals surface area contributed by atoms with Crippen molar-refractivity contribution in [3.05, 3.63) is 53.9 Å². The fraction of sp³-hybridized carbons (Fsp3) is 0.348. The fourth-order valence-corrected chi connectivity index (χ4v) is 4.70. The maximum absolute atomic E-state index is 13.6. The number of hydrogen-bond acceptors (Lipinski definition) is 6. The summed E-state index contributed by atoms with van der Waals surface area (Å²) in [7, 11) is -3.79. The summed E-state index contributed by atoms with van der Waals surface area (Å²) in [5, 5.41) is 9.23. The molecule has 8 nitrogen and oxygen atoms in total. The average Bonchev–Trinajstić information content (AvgIpc) is 2.78. The maximum Gasteiger partial charge on any atom is 0.257 e. The SMILES string of the molecule is CCC1CCCCN1C(=O)c1cnc2nc(C)ccc2c1Nc1ccc(S(N)(=O)=O)cc1. The molecule has 1 aliphatic heterocycles. The number of anilines is 2. The molecule has 168 valence electrons. The van der Waals surface area contributed by atoms with Crippen molar-refractivity contribution in [1.29, 1.82) is 0 Å². The summed E-state index contributed by atoms with van der Waals surface area (Å²) in [5.41, 5.74) is 3.08. The van der Waals surface area contributed by atoms with Gasteiger partial charge in [-0.1, -0.05) is 6.92 Å². The number of nitrogens with one attached hydrogen (secondary N) is 1. The van der Waals surface area contributed by atoms with Gasteiger partial charge < -0.3 is 10.2 Å². The molecule has 3 heterocycles. The van der Waals surface area contributed by atoms with Gasteiger partial charge >= 0.3 is 0 Å². The van der Waals surface area contributed by atoms with Crippen molar-refractivity contribution in [3.63, 3.8) is 0 Å². The van der Waals surface area contributed by atoms with E-state index in [0.717, 1.165) is 43.3 Å². The predicted octanol–water partition coefficient (Wildman–Crippen LogP) is 3.73. The number of pyridine rings is 2. The van der Waals surface area contributed by atoms with Crippen LogP contribution in [-0.2, 0) is 10.0 Å². The summed E-state index contributed by atoms with van der Waals surface area (Å²) >= 11 is 0. The summed E-state index contributed by atoms with van der Waals surface area (Å²) in [5.74, 6) is -0.0600. The van der Waals surface area contributed by atoms with Gasteiger partial charge in [0, 0.05) is 35.6 Å². The van der Waals surface area contributed by atoms with Crippen molar-refractivity contribution in [1.82, 2.24) is 14.9 Å². The normalized spacial score (nSPS) is 16.8. The van der Waals surface area contributed by atoms with Gasteiger partial charge in [-0.2, -0.15) is 0 Å². The number of aryl methyl sites for hydroxylation is 1. The Hall–Kier alpha value is -3.04. The van der Waals surface area contributed by atoms with Crippen LogP contribution in [-0.4, -0.2) is 41.8 Å². The Balaban J connectivity index is 1.79. The second-order valence-electron chi connectivity index (χ2n) is 8.12. The molecule has 3 aromatic rings. The molecule has 1 saturated heterocycles. The highest BCUT2D eigenvalue weighted by Gasteiger charge is 2.28. The number of carbonyl (C=O) groups is 1. The number of aromatic nitrogens is 2. The first-order valence-electron chi connectivity index (χ1n) is 10.7. The number of hydrogen-bond donors (Lipinski definition) is 2. The molecule has 2 aromatic heterocycles. The van der Waals surface area contributed by atoms with Gasteiger partial charge in [0.15, 0.2) is 5.65 Å². The number of benzene rings is 1. The molecule has 4 rings (SSSR count). The molecule has 3 N–H and O–H groups in total. The number of fused-ring (bicyclic) bond motifs is 1. The number of carbonyl (C=O) groups excluding carboxylic acids is 1. The van der Waals surface area contributed by atoms with Crippen LogP contribution >= 0.6 is 0 Å². The zero-order valence-corrected chi connectivity index (χ0v) is 19.0. The van der Waals surface area contributed by atoms with Gasteiger partial charge in [-0.25, -0.2) is 23.5 Å². The molecule has 1 amide bonds. The van der Waals surface area contributed by atoms with Crippen LogP contribution in [0.25, 0.3) is 11.0 Å². The Kier molecular flexibility index (Phi) is 6.12. The molecule has 0 spiro atoms. The Labute approximate surface area is 187 Å². The predicted molar refractivity (Wildman–Crippen MR) is 124 cm³/mol. The zero-order chi connectivity index (χ0) is 22.9. The van der Waals surface area contributed by atoms with Crippen LogP contribution in [0.2, 0.25) is 0 Å². The zero-order valence-electron chi connectivity index (χ0n) is 18.2. The monoisotopic (exact) mass is 453 g/mol. The molecule has 32 heavy (non-hydrogen) atoms. The van der Waals surface area contributed by atoms with Crippen LogP contribution in [0.1, 0.15) is 48.7 Å². The molecule has 0 aliphatic carbocycles. The minimum atomic E-state index is -3.79. The molecule has 0 saturated carbocycles. The molecule has 9 heteroatoms. The number of piperidine rings is 1. The van der Waals surface area contributed by atoms with Gasteiger partial charge in [0.05, 0.1) is 16.1 Å². The molecular formula is C23H27N5O3S. The van der Waals surface area contributed by atoms with Crippen molar-refractivity contribution >= 4 is 38.3 Å². The van der Waals surface area contributed by atoms with E-state index in [9.17, 15) is 13.2 Å². The van der Waals surface area contributed by atoms with Crippen LogP contribution in [0.15, 0.2) is 47.5 Å². The van der Waals surface area contributed by atoms with E-state index in [2.05, 4.69) is 22.2 Å². The quantitative estimate of drug-likeness (QED) is 0.608. The standard InChI is InChI=1S/C23H27N5O3S/c1-3-17-6-4-5-13-28(17)23(29)20-14-25-22-19(12-7-15(2)26-22)21(20)27-16-8-10-18(11-9-16)32(24,30)31/h7-12,14,17H,3-6,13H2,1-2H3,(H2,24,30,31)(H,25,26,27). The lowest BCUT2D eigenvalue weighted by Gasteiger charge is -2.35. The maximum atomic E-state index is 13.6. The van der Waals surface area contributed by atoms with E-state index < -0.39 is 10.0 Å². The lowest BCUT2D eigenvalue weighted by molar-refractivity contribution is 0.0609. The smallest absolute Gasteiger partial charge is 0.257 e. The van der Waals surface area contributed by atoms with Crippen molar-refractivity contribution < 1.29 is 13.2 Å². The van der Waals surface area contributed by atoms with Crippen molar-refractivity contribution in [2.24, 2.45) is 5.14 Å². The van der Waals surface area contributed by atoms with E-state index >= 15 is 0 Å². The van der Waals surface area contributed by atoms with Gasteiger partial charge in [-0.05, 0) is 69.0 Å². The lowest BCUT2D eigenvalue weighted by Crippen LogP contribution is -2.43. The lowest BCUT2D eigenvalue weighted by atomic mass is 9.98. The Morgan fingerprint density at radius 1 is 1.19 bits per heavy atom. The number of nitrogens with two attached hydrogens (primary N) is 1. The van der Waals surface area contributed by atoms with Gasteiger partial charge in [0.25, 0.3) is 5.91 Å². The third kappa shape index (κ3) is 4.44. The number of primary sulfonamides is 1. The molecule has 1 fully saturated rings. The van der Waals surface area contributed by atoms with Gasteiger partial charge in [0.2, 0.25) is 10.0 Å². The van der Waals surface area contributed by atoms with Crippen molar-refractivity contribution in [2.75, 3.05) is 11.9 Å². The van der Waals surface area contributed by atoms with Crippen LogP contribution in [0.3, 0.4) is 0 Å². The van der Waals surface area contributed by atoms with E-state index in [1.54, 1.807) is 18.3 Å². The molecule has 1 unspecified atom stereocenters. The molecule has 0 bridgehead atoms. The summed E-state index contributed by atoms with van der Waals surface area (Å²) in [6, 6.07) is 10.1. The molecular weight excluding hydrogens is 426 g/mol. The van der Waals surface area contributed by atoms with E-state index in [4.69, 9.17) is 5.14 Å². The van der Waals surface area contributed by atoms with E-state index in [1.165, 1.54) is 12.1 Å².